The Kier molecular flexibility index (Phi) is 6.80. The molecule has 30 heavy (non-hydrogen) atoms. The van der Waals surface area contributed by atoms with E-state index in [-0.39, 0.29) is 11.8 Å². The zero-order valence-corrected chi connectivity index (χ0v) is 17.7. The number of allylic oxidation sites excluding steroid dienone is 2. The van der Waals surface area contributed by atoms with Gasteiger partial charge in [0.25, 0.3) is 5.91 Å². The molecule has 4 atom stereocenters. The lowest BCUT2D eigenvalue weighted by molar-refractivity contribution is -0.149. The van der Waals surface area contributed by atoms with E-state index in [0.29, 0.717) is 17.9 Å². The van der Waals surface area contributed by atoms with Gasteiger partial charge in [0.2, 0.25) is 5.91 Å². The van der Waals surface area contributed by atoms with E-state index in [1.807, 2.05) is 13.8 Å². The van der Waals surface area contributed by atoms with Crippen molar-refractivity contribution in [2.75, 3.05) is 6.61 Å². The molecule has 162 valence electrons. The average Bonchev–Trinajstić information content (AvgIpc) is 3.29. The van der Waals surface area contributed by atoms with E-state index in [1.165, 1.54) is 0 Å². The monoisotopic (exact) mass is 414 g/mol. The van der Waals surface area contributed by atoms with Gasteiger partial charge in [-0.1, -0.05) is 24.5 Å². The average molecular weight is 415 g/mol. The molecule has 1 aromatic carbocycles. The SMILES string of the molecule is CCCCOc1ccc(C(=O)NNC(=O)[C@H]2[C@@H](C(=O)O)[C@@H]3CC[C@H]2C3=C(C)C)cc1. The third kappa shape index (κ3) is 4.35. The smallest absolute Gasteiger partial charge is 0.307 e. The topological polar surface area (TPSA) is 105 Å². The Morgan fingerprint density at radius 2 is 1.67 bits per heavy atom. The number of benzene rings is 1. The number of fused-ring (bicyclic) bond motifs is 2. The second-order valence-corrected chi connectivity index (χ2v) is 8.31. The van der Waals surface area contributed by atoms with E-state index < -0.39 is 29.6 Å². The first-order valence-corrected chi connectivity index (χ1v) is 10.6. The maximum Gasteiger partial charge on any atom is 0.307 e. The fourth-order valence-corrected chi connectivity index (χ4v) is 4.92. The number of hydrazine groups is 1. The van der Waals surface area contributed by atoms with Crippen LogP contribution >= 0.6 is 0 Å². The standard InChI is InChI=1S/C23H30N2O5/c1-4-5-12-30-15-8-6-14(7-9-15)21(26)24-25-22(27)19-16-10-11-17(18(16)13(2)3)20(19)23(28)29/h6-9,16-17,19-20H,4-5,10-12H2,1-3H3,(H,24,26)(H,25,27)(H,28,29)/t16-,17+,19+,20-/m0/s1. The van der Waals surface area contributed by atoms with Gasteiger partial charge in [0.15, 0.2) is 0 Å². The quantitative estimate of drug-likeness (QED) is 0.361. The first kappa shape index (κ1) is 21.9. The molecule has 7 heteroatoms. The second-order valence-electron chi connectivity index (χ2n) is 8.31. The Balaban J connectivity index is 1.61. The highest BCUT2D eigenvalue weighted by atomic mass is 16.5. The lowest BCUT2D eigenvalue weighted by atomic mass is 9.79. The third-order valence-corrected chi connectivity index (χ3v) is 6.19. The number of carboxylic acids is 1. The molecule has 3 N–H and O–H groups in total. The molecule has 2 aliphatic carbocycles. The van der Waals surface area contributed by atoms with Gasteiger partial charge in [-0.3, -0.25) is 25.2 Å². The molecule has 1 aromatic rings. The molecule has 0 radical (unpaired) electrons. The van der Waals surface area contributed by atoms with Crippen LogP contribution in [0.2, 0.25) is 0 Å². The number of carbonyl (C=O) groups is 3. The van der Waals surface area contributed by atoms with Crippen LogP contribution in [0.25, 0.3) is 0 Å². The fraction of sp³-hybridized carbons (Fsp3) is 0.522. The van der Waals surface area contributed by atoms with Gasteiger partial charge in [0.05, 0.1) is 18.4 Å². The lowest BCUT2D eigenvalue weighted by Crippen LogP contribution is -2.48. The largest absolute Gasteiger partial charge is 0.494 e. The molecule has 0 spiro atoms. The van der Waals surface area contributed by atoms with Gasteiger partial charge >= 0.3 is 5.97 Å². The summed E-state index contributed by atoms with van der Waals surface area (Å²) in [5, 5.41) is 9.71. The molecule has 2 amide bonds. The highest BCUT2D eigenvalue weighted by Crippen LogP contribution is 2.57. The van der Waals surface area contributed by atoms with Crippen molar-refractivity contribution in [1.82, 2.24) is 10.9 Å². The maximum absolute atomic E-state index is 12.8. The van der Waals surface area contributed by atoms with Crippen LogP contribution in [0, 0.1) is 23.7 Å². The van der Waals surface area contributed by atoms with Crippen LogP contribution in [0.15, 0.2) is 35.4 Å². The molecule has 0 aromatic heterocycles. The predicted molar refractivity (Wildman–Crippen MR) is 112 cm³/mol. The normalized spacial score (nSPS) is 24.4. The number of ether oxygens (including phenoxy) is 1. The molecule has 3 rings (SSSR count). The molecular weight excluding hydrogens is 384 g/mol. The van der Waals surface area contributed by atoms with E-state index in [9.17, 15) is 19.5 Å². The lowest BCUT2D eigenvalue weighted by Gasteiger charge is -2.26. The van der Waals surface area contributed by atoms with Crippen molar-refractivity contribution < 1.29 is 24.2 Å². The number of carboxylic acid groups (broad SMARTS) is 1. The van der Waals surface area contributed by atoms with Crippen LogP contribution in [-0.4, -0.2) is 29.5 Å². The van der Waals surface area contributed by atoms with Crippen LogP contribution < -0.4 is 15.6 Å². The van der Waals surface area contributed by atoms with Crippen LogP contribution in [0.1, 0.15) is 56.8 Å². The minimum Gasteiger partial charge on any atom is -0.494 e. The Morgan fingerprint density at radius 3 is 2.23 bits per heavy atom. The Hall–Kier alpha value is -2.83. The van der Waals surface area contributed by atoms with Gasteiger partial charge in [0.1, 0.15) is 5.75 Å². The van der Waals surface area contributed by atoms with Crippen molar-refractivity contribution >= 4 is 17.8 Å². The highest BCUT2D eigenvalue weighted by molar-refractivity contribution is 5.96. The van der Waals surface area contributed by atoms with E-state index in [2.05, 4.69) is 17.8 Å². The summed E-state index contributed by atoms with van der Waals surface area (Å²) in [6.07, 6.45) is 3.61. The molecule has 7 nitrogen and oxygen atoms in total. The minimum atomic E-state index is -0.953. The molecule has 0 aliphatic heterocycles. The van der Waals surface area contributed by atoms with Crippen molar-refractivity contribution in [3.05, 3.63) is 41.0 Å². The highest BCUT2D eigenvalue weighted by Gasteiger charge is 2.57. The molecule has 2 bridgehead atoms. The first-order valence-electron chi connectivity index (χ1n) is 10.6. The van der Waals surface area contributed by atoms with Crippen molar-refractivity contribution in [2.45, 2.75) is 46.5 Å². The van der Waals surface area contributed by atoms with Gasteiger partial charge < -0.3 is 9.84 Å². The summed E-state index contributed by atoms with van der Waals surface area (Å²) in [5.41, 5.74) is 7.45. The number of rotatable bonds is 7. The molecule has 2 aliphatic rings. The zero-order chi connectivity index (χ0) is 21.8. The second kappa shape index (κ2) is 9.32. The number of hydrogen-bond acceptors (Lipinski definition) is 4. The summed E-state index contributed by atoms with van der Waals surface area (Å²) in [6, 6.07) is 6.68. The molecular formula is C23H30N2O5. The van der Waals surface area contributed by atoms with E-state index in [4.69, 9.17) is 4.74 Å². The molecule has 0 heterocycles. The summed E-state index contributed by atoms with van der Waals surface area (Å²) in [6.45, 7) is 6.65. The summed E-state index contributed by atoms with van der Waals surface area (Å²) in [5.74, 6) is -2.74. The summed E-state index contributed by atoms with van der Waals surface area (Å²) in [7, 11) is 0. The van der Waals surface area contributed by atoms with Gasteiger partial charge in [-0.2, -0.15) is 0 Å². The Morgan fingerprint density at radius 1 is 1.03 bits per heavy atom. The minimum absolute atomic E-state index is 0.0717. The number of nitrogens with one attached hydrogen (secondary N) is 2. The van der Waals surface area contributed by atoms with E-state index in [1.54, 1.807) is 24.3 Å². The summed E-state index contributed by atoms with van der Waals surface area (Å²) in [4.78, 5) is 37.1. The number of hydrogen-bond donors (Lipinski definition) is 3. The molecule has 2 saturated carbocycles. The van der Waals surface area contributed by atoms with Crippen molar-refractivity contribution in [3.8, 4) is 5.75 Å². The van der Waals surface area contributed by atoms with Gasteiger partial charge in [-0.15, -0.1) is 0 Å². The molecule has 0 saturated heterocycles. The zero-order valence-electron chi connectivity index (χ0n) is 17.7. The summed E-state index contributed by atoms with van der Waals surface area (Å²) >= 11 is 0. The van der Waals surface area contributed by atoms with Crippen LogP contribution in [0.3, 0.4) is 0 Å². The predicted octanol–water partition coefficient (Wildman–Crippen LogP) is 3.32. The number of amides is 2. The van der Waals surface area contributed by atoms with Crippen LogP contribution in [0.4, 0.5) is 0 Å². The van der Waals surface area contributed by atoms with Crippen LogP contribution in [-0.2, 0) is 9.59 Å². The number of carbonyl (C=O) groups excluding carboxylic acids is 2. The summed E-state index contributed by atoms with van der Waals surface area (Å²) < 4.78 is 5.58. The Labute approximate surface area is 176 Å². The van der Waals surface area contributed by atoms with Crippen molar-refractivity contribution in [2.24, 2.45) is 23.7 Å². The Bertz CT molecular complexity index is 842. The maximum atomic E-state index is 12.8. The molecule has 2 fully saturated rings. The van der Waals surface area contributed by atoms with Crippen molar-refractivity contribution in [1.29, 1.82) is 0 Å². The third-order valence-electron chi connectivity index (χ3n) is 6.19. The van der Waals surface area contributed by atoms with Crippen molar-refractivity contribution in [3.63, 3.8) is 0 Å². The molecule has 0 unspecified atom stereocenters. The fourth-order valence-electron chi connectivity index (χ4n) is 4.92. The van der Waals surface area contributed by atoms with Gasteiger partial charge in [0, 0.05) is 5.56 Å². The first-order chi connectivity index (χ1) is 14.3. The van der Waals surface area contributed by atoms with Gasteiger partial charge in [-0.05, 0) is 69.2 Å². The van der Waals surface area contributed by atoms with Crippen LogP contribution in [0.5, 0.6) is 5.75 Å². The van der Waals surface area contributed by atoms with E-state index >= 15 is 0 Å². The number of unbranched alkanes of at least 4 members (excludes halogenated alkanes) is 1. The number of aliphatic carboxylic acids is 1. The van der Waals surface area contributed by atoms with E-state index in [0.717, 1.165) is 36.8 Å². The van der Waals surface area contributed by atoms with Gasteiger partial charge in [-0.25, -0.2) is 0 Å².